The minimum atomic E-state index is 0.0833. The van der Waals surface area contributed by atoms with Gasteiger partial charge in [-0.05, 0) is 61.4 Å². The number of hydrogen-bond donors (Lipinski definition) is 2. The molecule has 0 atom stereocenters. The van der Waals surface area contributed by atoms with Crippen molar-refractivity contribution < 1.29 is 4.79 Å². The molecule has 0 aliphatic carbocycles. The summed E-state index contributed by atoms with van der Waals surface area (Å²) >= 11 is 0. The monoisotopic (exact) mass is 473 g/mol. The molecule has 0 fully saturated rings. The van der Waals surface area contributed by atoms with E-state index in [1.165, 1.54) is 5.56 Å². The predicted octanol–water partition coefficient (Wildman–Crippen LogP) is 5.98. The van der Waals surface area contributed by atoms with E-state index in [1.54, 1.807) is 0 Å². The Kier molecular flexibility index (Phi) is 6.41. The molecule has 2 heterocycles. The van der Waals surface area contributed by atoms with Gasteiger partial charge in [0.1, 0.15) is 0 Å². The number of carbonyl (C=O) groups excluding carboxylic acids is 1. The molecule has 2 aromatic heterocycles. The maximum absolute atomic E-state index is 12.9. The molecule has 0 saturated heterocycles. The second-order valence-corrected chi connectivity index (χ2v) is 9.03. The molecule has 6 nitrogen and oxygen atoms in total. The van der Waals surface area contributed by atoms with Gasteiger partial charge in [-0.2, -0.15) is 0 Å². The molecule has 178 valence electrons. The van der Waals surface area contributed by atoms with E-state index in [0.717, 1.165) is 44.8 Å². The first-order chi connectivity index (χ1) is 17.4. The van der Waals surface area contributed by atoms with E-state index in [2.05, 4.69) is 39.3 Å². The van der Waals surface area contributed by atoms with Gasteiger partial charge in [0.15, 0.2) is 5.78 Å². The van der Waals surface area contributed by atoms with Crippen LogP contribution in [0.25, 0.3) is 10.9 Å². The molecular formula is C30H27N5O. The van der Waals surface area contributed by atoms with Gasteiger partial charge in [0.2, 0.25) is 5.95 Å². The van der Waals surface area contributed by atoms with Gasteiger partial charge >= 0.3 is 0 Å². The normalized spacial score (nSPS) is 10.9. The summed E-state index contributed by atoms with van der Waals surface area (Å²) in [6.45, 7) is 3.97. The van der Waals surface area contributed by atoms with Crippen molar-refractivity contribution >= 4 is 34.0 Å². The van der Waals surface area contributed by atoms with Crippen LogP contribution in [-0.2, 0) is 12.8 Å². The SMILES string of the molecule is Cc1ccc2nccc(Nc3ccc(CC(=O)c4ccc(Cc5cc(C)nc(N)n5)cc4)cc3)c2c1. The number of aromatic nitrogens is 3. The molecule has 0 unspecified atom stereocenters. The average Bonchev–Trinajstić information content (AvgIpc) is 2.85. The van der Waals surface area contributed by atoms with E-state index >= 15 is 0 Å². The second kappa shape index (κ2) is 9.96. The number of rotatable bonds is 7. The number of Topliss-reactive ketones (excluding diaryl/α,β-unsaturated/α-hetero) is 1. The Bertz CT molecular complexity index is 1520. The molecule has 0 saturated carbocycles. The van der Waals surface area contributed by atoms with Gasteiger partial charge in [0, 0.05) is 47.1 Å². The van der Waals surface area contributed by atoms with E-state index in [1.807, 2.05) is 79.9 Å². The topological polar surface area (TPSA) is 93.8 Å². The van der Waals surface area contributed by atoms with Crippen molar-refractivity contribution in [3.8, 4) is 0 Å². The smallest absolute Gasteiger partial charge is 0.220 e. The first kappa shape index (κ1) is 23.2. The van der Waals surface area contributed by atoms with Crippen molar-refractivity contribution in [1.82, 2.24) is 15.0 Å². The average molecular weight is 474 g/mol. The van der Waals surface area contributed by atoms with Gasteiger partial charge in [-0.3, -0.25) is 9.78 Å². The highest BCUT2D eigenvalue weighted by atomic mass is 16.1. The van der Waals surface area contributed by atoms with Crippen LogP contribution in [0.2, 0.25) is 0 Å². The molecule has 5 aromatic rings. The molecule has 3 aromatic carbocycles. The zero-order chi connectivity index (χ0) is 25.1. The fourth-order valence-corrected chi connectivity index (χ4v) is 4.28. The van der Waals surface area contributed by atoms with Crippen molar-refractivity contribution in [3.63, 3.8) is 0 Å². The Hall–Kier alpha value is -4.58. The number of carbonyl (C=O) groups is 1. The Balaban J connectivity index is 1.23. The van der Waals surface area contributed by atoms with E-state index in [4.69, 9.17) is 5.73 Å². The molecule has 6 heteroatoms. The molecule has 0 amide bonds. The van der Waals surface area contributed by atoms with E-state index in [0.29, 0.717) is 18.4 Å². The van der Waals surface area contributed by atoms with Crippen molar-refractivity contribution in [2.45, 2.75) is 26.7 Å². The summed E-state index contributed by atoms with van der Waals surface area (Å²) in [5.41, 5.74) is 14.3. The molecule has 0 aliphatic heterocycles. The molecule has 0 spiro atoms. The summed E-state index contributed by atoms with van der Waals surface area (Å²) in [7, 11) is 0. The van der Waals surface area contributed by atoms with Crippen LogP contribution in [0.4, 0.5) is 17.3 Å². The second-order valence-electron chi connectivity index (χ2n) is 9.03. The highest BCUT2D eigenvalue weighted by Gasteiger charge is 2.09. The van der Waals surface area contributed by atoms with Crippen LogP contribution in [-0.4, -0.2) is 20.7 Å². The standard InChI is InChI=1S/C30H27N5O/c1-19-3-12-27-26(15-19)28(13-14-32-27)34-24-10-6-22(7-11-24)18-29(36)23-8-4-21(5-9-23)17-25-16-20(2)33-30(31)35-25/h3-16H,17-18H2,1-2H3,(H,32,34)(H2,31,33,35). The van der Waals surface area contributed by atoms with Crippen LogP contribution in [0.1, 0.15) is 38.4 Å². The van der Waals surface area contributed by atoms with Gasteiger partial charge < -0.3 is 11.1 Å². The van der Waals surface area contributed by atoms with Crippen molar-refractivity contribution in [3.05, 3.63) is 119 Å². The lowest BCUT2D eigenvalue weighted by atomic mass is 10.0. The number of aryl methyl sites for hydroxylation is 2. The van der Waals surface area contributed by atoms with Crippen LogP contribution < -0.4 is 11.1 Å². The third kappa shape index (κ3) is 5.39. The number of nitrogen functional groups attached to an aromatic ring is 1. The zero-order valence-corrected chi connectivity index (χ0v) is 20.3. The number of pyridine rings is 1. The summed E-state index contributed by atoms with van der Waals surface area (Å²) < 4.78 is 0. The molecule has 0 bridgehead atoms. The Morgan fingerprint density at radius 3 is 2.36 bits per heavy atom. The number of hydrogen-bond acceptors (Lipinski definition) is 6. The van der Waals surface area contributed by atoms with Crippen LogP contribution in [0.15, 0.2) is 85.1 Å². The Labute approximate surface area is 210 Å². The van der Waals surface area contributed by atoms with Gasteiger partial charge in [-0.15, -0.1) is 0 Å². The number of ketones is 1. The summed E-state index contributed by atoms with van der Waals surface area (Å²) in [6.07, 6.45) is 2.80. The summed E-state index contributed by atoms with van der Waals surface area (Å²) in [4.78, 5) is 25.7. The fourth-order valence-electron chi connectivity index (χ4n) is 4.28. The zero-order valence-electron chi connectivity index (χ0n) is 20.3. The van der Waals surface area contributed by atoms with Gasteiger partial charge in [-0.25, -0.2) is 9.97 Å². The van der Waals surface area contributed by atoms with Gasteiger partial charge in [0.25, 0.3) is 0 Å². The number of anilines is 3. The van der Waals surface area contributed by atoms with Crippen LogP contribution in [0.3, 0.4) is 0 Å². The summed E-state index contributed by atoms with van der Waals surface area (Å²) in [6, 6.07) is 25.8. The number of nitrogens with zero attached hydrogens (tertiary/aromatic N) is 3. The molecule has 5 rings (SSSR count). The van der Waals surface area contributed by atoms with Crippen LogP contribution >= 0.6 is 0 Å². The molecular weight excluding hydrogens is 446 g/mol. The van der Waals surface area contributed by atoms with Gasteiger partial charge in [0.05, 0.1) is 11.2 Å². The van der Waals surface area contributed by atoms with E-state index < -0.39 is 0 Å². The maximum atomic E-state index is 12.9. The molecule has 36 heavy (non-hydrogen) atoms. The third-order valence-corrected chi connectivity index (χ3v) is 6.08. The van der Waals surface area contributed by atoms with Crippen LogP contribution in [0, 0.1) is 13.8 Å². The Morgan fingerprint density at radius 1 is 0.861 bits per heavy atom. The highest BCUT2D eigenvalue weighted by Crippen LogP contribution is 2.26. The highest BCUT2D eigenvalue weighted by molar-refractivity contribution is 5.97. The minimum Gasteiger partial charge on any atom is -0.368 e. The number of fused-ring (bicyclic) bond motifs is 1. The third-order valence-electron chi connectivity index (χ3n) is 6.08. The summed E-state index contributed by atoms with van der Waals surface area (Å²) in [5, 5.41) is 4.56. The van der Waals surface area contributed by atoms with Crippen molar-refractivity contribution in [2.24, 2.45) is 0 Å². The van der Waals surface area contributed by atoms with E-state index in [9.17, 15) is 4.79 Å². The quantitative estimate of drug-likeness (QED) is 0.282. The lowest BCUT2D eigenvalue weighted by molar-refractivity contribution is 0.0993. The molecule has 3 N–H and O–H groups in total. The number of nitrogens with one attached hydrogen (secondary N) is 1. The van der Waals surface area contributed by atoms with Crippen molar-refractivity contribution in [2.75, 3.05) is 11.1 Å². The molecule has 0 aliphatic rings. The Morgan fingerprint density at radius 2 is 1.61 bits per heavy atom. The lowest BCUT2D eigenvalue weighted by Crippen LogP contribution is -2.04. The summed E-state index contributed by atoms with van der Waals surface area (Å²) in [5.74, 6) is 0.363. The van der Waals surface area contributed by atoms with E-state index in [-0.39, 0.29) is 11.7 Å². The number of nitrogens with two attached hydrogens (primary N) is 1. The van der Waals surface area contributed by atoms with Crippen molar-refractivity contribution in [1.29, 1.82) is 0 Å². The number of benzene rings is 3. The minimum absolute atomic E-state index is 0.0833. The lowest BCUT2D eigenvalue weighted by Gasteiger charge is -2.11. The van der Waals surface area contributed by atoms with Gasteiger partial charge in [-0.1, -0.05) is 48.0 Å². The molecule has 0 radical (unpaired) electrons. The maximum Gasteiger partial charge on any atom is 0.220 e. The first-order valence-electron chi connectivity index (χ1n) is 11.9. The fraction of sp³-hybridized carbons (Fsp3) is 0.133. The first-order valence-corrected chi connectivity index (χ1v) is 11.9. The van der Waals surface area contributed by atoms with Crippen LogP contribution in [0.5, 0.6) is 0 Å². The predicted molar refractivity (Wildman–Crippen MR) is 145 cm³/mol. The largest absolute Gasteiger partial charge is 0.368 e.